The first-order valence-corrected chi connectivity index (χ1v) is 22.3. The highest BCUT2D eigenvalue weighted by Crippen LogP contribution is 2.37. The SMILES string of the molecule is CC(C)=C1OC(=O)N(c2cc(OC3CCCC3)c(Cl)cc2F)C1=O.CC(C)N1C(=O)c2ccccc2NS1(=O)=O.C[S+](C)C.O=C(O)CNCP(=O)([O-])O. The Balaban J connectivity index is 0.000000289. The Kier molecular flexibility index (Phi) is 17.4. The number of cyclic esters (lactones) is 1. The van der Waals surface area contributed by atoms with Crippen molar-refractivity contribution in [2.45, 2.75) is 65.5 Å². The number of fused-ring (bicyclic) bond motifs is 1. The normalized spacial score (nSPS) is 17.2. The molecule has 54 heavy (non-hydrogen) atoms. The van der Waals surface area contributed by atoms with Crippen LogP contribution in [0, 0.1) is 5.82 Å². The predicted octanol–water partition coefficient (Wildman–Crippen LogP) is 4.44. The van der Waals surface area contributed by atoms with Gasteiger partial charge in [0.1, 0.15) is 19.2 Å². The average Bonchev–Trinajstić information content (AvgIpc) is 3.64. The van der Waals surface area contributed by atoms with Crippen molar-refractivity contribution >= 4 is 75.6 Å². The highest BCUT2D eigenvalue weighted by atomic mass is 35.5. The van der Waals surface area contributed by atoms with Gasteiger partial charge in [-0.3, -0.25) is 24.4 Å². The molecule has 3 aliphatic rings. The van der Waals surface area contributed by atoms with Crippen LogP contribution in [0.4, 0.5) is 20.6 Å². The van der Waals surface area contributed by atoms with E-state index in [2.05, 4.69) is 23.5 Å². The predicted molar refractivity (Wildman–Crippen MR) is 202 cm³/mol. The molecule has 1 unspecified atom stereocenters. The van der Waals surface area contributed by atoms with Crippen LogP contribution in [0.15, 0.2) is 47.7 Å². The molecule has 300 valence electrons. The zero-order valence-electron chi connectivity index (χ0n) is 30.8. The van der Waals surface area contributed by atoms with E-state index in [1.807, 2.05) is 5.32 Å². The molecule has 2 heterocycles. The molecule has 21 heteroatoms. The smallest absolute Gasteiger partial charge is 0.427 e. The van der Waals surface area contributed by atoms with Crippen molar-refractivity contribution in [3.63, 3.8) is 0 Å². The number of aliphatic carboxylic acids is 1. The van der Waals surface area contributed by atoms with E-state index in [1.165, 1.54) is 6.07 Å². The molecule has 4 N–H and O–H groups in total. The van der Waals surface area contributed by atoms with Crippen LogP contribution in [-0.2, 0) is 40.0 Å². The van der Waals surface area contributed by atoms with Gasteiger partial charge in [-0.15, -0.1) is 0 Å². The van der Waals surface area contributed by atoms with Crippen LogP contribution >= 0.6 is 19.2 Å². The topological polar surface area (TPSA) is 232 Å². The van der Waals surface area contributed by atoms with E-state index >= 15 is 0 Å². The summed E-state index contributed by atoms with van der Waals surface area (Å²) in [4.78, 5) is 64.7. The number of allylic oxidation sites excluding steroid dienone is 1. The van der Waals surface area contributed by atoms with E-state index in [1.54, 1.807) is 52.0 Å². The van der Waals surface area contributed by atoms with Crippen LogP contribution in [0.1, 0.15) is 63.7 Å². The van der Waals surface area contributed by atoms with Crippen molar-refractivity contribution in [1.29, 1.82) is 0 Å². The molecule has 16 nitrogen and oxygen atoms in total. The minimum atomic E-state index is -4.35. The molecule has 0 radical (unpaired) electrons. The summed E-state index contributed by atoms with van der Waals surface area (Å²) in [6.45, 7) is 6.11. The van der Waals surface area contributed by atoms with E-state index < -0.39 is 66.4 Å². The lowest BCUT2D eigenvalue weighted by Gasteiger charge is -2.31. The number of carboxylic acids is 1. The van der Waals surface area contributed by atoms with Crippen LogP contribution in [0.25, 0.3) is 0 Å². The zero-order chi connectivity index (χ0) is 41.1. The molecule has 2 fully saturated rings. The number of para-hydroxylation sites is 1. The summed E-state index contributed by atoms with van der Waals surface area (Å²) in [5.41, 5.74) is 1.03. The summed E-state index contributed by atoms with van der Waals surface area (Å²) in [6.07, 6.45) is 8.87. The molecule has 0 bridgehead atoms. The Morgan fingerprint density at radius 1 is 1.15 bits per heavy atom. The molecular weight excluding hydrogens is 794 g/mol. The monoisotopic (exact) mass is 838 g/mol. The second kappa shape index (κ2) is 20.3. The average molecular weight is 839 g/mol. The number of nitrogens with one attached hydrogen (secondary N) is 2. The maximum Gasteiger partial charge on any atom is 0.427 e. The number of halogens is 2. The van der Waals surface area contributed by atoms with Crippen LogP contribution in [-0.4, -0.2) is 90.3 Å². The van der Waals surface area contributed by atoms with E-state index in [-0.39, 0.29) is 28.3 Å². The second-order valence-corrected chi connectivity index (χ2v) is 18.8. The number of hydrogen-bond donors (Lipinski definition) is 4. The molecule has 2 aromatic rings. The third-order valence-corrected chi connectivity index (χ3v) is 9.48. The fourth-order valence-corrected chi connectivity index (χ4v) is 6.86. The number of carbonyl (C=O) groups excluding carboxylic acids is 3. The number of carbonyl (C=O) groups is 4. The molecule has 0 spiro atoms. The third-order valence-electron chi connectivity index (χ3n) is 6.97. The Morgan fingerprint density at radius 2 is 1.72 bits per heavy atom. The van der Waals surface area contributed by atoms with Gasteiger partial charge in [-0.2, -0.15) is 8.42 Å². The van der Waals surface area contributed by atoms with E-state index in [0.29, 0.717) is 32.6 Å². The highest BCUT2D eigenvalue weighted by molar-refractivity contribution is 7.94. The minimum absolute atomic E-state index is 0.00962. The Morgan fingerprint density at radius 3 is 2.22 bits per heavy atom. The first kappa shape index (κ1) is 46.4. The number of nitrogens with zero attached hydrogens (tertiary/aromatic N) is 2. The Labute approximate surface area is 321 Å². The van der Waals surface area contributed by atoms with Gasteiger partial charge >= 0.3 is 28.2 Å². The van der Waals surface area contributed by atoms with Gasteiger partial charge in [0.15, 0.2) is 5.76 Å². The molecule has 1 saturated heterocycles. The van der Waals surface area contributed by atoms with Crippen molar-refractivity contribution in [2.75, 3.05) is 41.2 Å². The lowest BCUT2D eigenvalue weighted by molar-refractivity contribution is -0.193. The lowest BCUT2D eigenvalue weighted by Crippen LogP contribution is -2.48. The summed E-state index contributed by atoms with van der Waals surface area (Å²) < 4.78 is 61.8. The quantitative estimate of drug-likeness (QED) is 0.164. The number of rotatable bonds is 8. The maximum atomic E-state index is 14.3. The standard InChI is InChI=1S/C17H17ClFNO4.C10H12N2O3S.C3H8NO5P.C3H9S/c1-9(2)15-16(21)20(17(22)24-15)13-8-14(11(18)7-12(13)19)23-10-5-3-4-6-10;1-7(2)12-10(13)8-5-3-4-6-9(8)11-16(12,14)15;5-3(6)1-4-2-10(7,8)9;1-4(2)3/h7-8,10H,3-6H2,1-2H3;3-7,11H,1-2H3;4H,1-2H2,(H,5,6)(H2,7,8,9);1-3H3/q;;;+1/p-1. The van der Waals surface area contributed by atoms with Crippen molar-refractivity contribution in [3.8, 4) is 5.75 Å². The molecule has 5 rings (SSSR count). The number of ether oxygens (including phenoxy) is 2. The van der Waals surface area contributed by atoms with Gasteiger partial charge in [-0.05, 0) is 88.0 Å². The molecule has 1 aliphatic carbocycles. The van der Waals surface area contributed by atoms with E-state index in [9.17, 15) is 41.4 Å². The van der Waals surface area contributed by atoms with Gasteiger partial charge in [-0.25, -0.2) is 18.4 Å². The fourth-order valence-electron chi connectivity index (χ4n) is 4.84. The molecular formula is C33H45ClFN4O12PS2. The van der Waals surface area contributed by atoms with Gasteiger partial charge in [-0.1, -0.05) is 23.7 Å². The summed E-state index contributed by atoms with van der Waals surface area (Å²) in [7, 11) is -7.46. The molecule has 0 aromatic heterocycles. The number of anilines is 2. The van der Waals surface area contributed by atoms with Crippen LogP contribution < -0.4 is 24.6 Å². The Hall–Kier alpha value is -3.71. The first-order valence-electron chi connectivity index (χ1n) is 16.3. The third kappa shape index (κ3) is 13.9. The largest absolute Gasteiger partial charge is 0.778 e. The van der Waals surface area contributed by atoms with Gasteiger partial charge in [0.05, 0.1) is 59.7 Å². The summed E-state index contributed by atoms with van der Waals surface area (Å²) >= 11 is 6.04. The Bertz CT molecular complexity index is 1880. The molecule has 3 amide bonds. The van der Waals surface area contributed by atoms with Crippen molar-refractivity contribution < 1.29 is 60.9 Å². The fraction of sp³-hybridized carbons (Fsp3) is 0.455. The van der Waals surface area contributed by atoms with Crippen molar-refractivity contribution in [3.05, 3.63) is 64.1 Å². The molecule has 1 atom stereocenters. The van der Waals surface area contributed by atoms with E-state index in [4.69, 9.17) is 31.1 Å². The number of carboxylic acid groups (broad SMARTS) is 1. The van der Waals surface area contributed by atoms with E-state index in [0.717, 1.165) is 36.1 Å². The van der Waals surface area contributed by atoms with Crippen molar-refractivity contribution in [1.82, 2.24) is 9.62 Å². The lowest BCUT2D eigenvalue weighted by atomic mass is 10.1. The van der Waals surface area contributed by atoms with Crippen molar-refractivity contribution in [2.24, 2.45) is 0 Å². The maximum absolute atomic E-state index is 14.3. The molecule has 2 aromatic carbocycles. The highest BCUT2D eigenvalue weighted by Gasteiger charge is 2.40. The van der Waals surface area contributed by atoms with Crippen LogP contribution in [0.5, 0.6) is 5.75 Å². The van der Waals surface area contributed by atoms with Gasteiger partial charge < -0.3 is 28.9 Å². The zero-order valence-corrected chi connectivity index (χ0v) is 34.0. The number of benzene rings is 2. The van der Waals surface area contributed by atoms with Gasteiger partial charge in [0, 0.05) is 12.1 Å². The molecule has 2 aliphatic heterocycles. The summed E-state index contributed by atoms with van der Waals surface area (Å²) in [6, 6.07) is 8.48. The van der Waals surface area contributed by atoms with Gasteiger partial charge in [0.2, 0.25) is 0 Å². The summed E-state index contributed by atoms with van der Waals surface area (Å²) in [5, 5.41) is 10.1. The summed E-state index contributed by atoms with van der Waals surface area (Å²) in [5.74, 6) is -2.98. The second-order valence-electron chi connectivity index (χ2n) is 12.8. The van der Waals surface area contributed by atoms with Gasteiger partial charge in [0.25, 0.3) is 5.91 Å². The van der Waals surface area contributed by atoms with Crippen LogP contribution in [0.2, 0.25) is 5.02 Å². The minimum Gasteiger partial charge on any atom is -0.778 e. The number of hydrogen-bond acceptors (Lipinski definition) is 11. The molecule has 1 saturated carbocycles. The number of imide groups is 1. The number of amides is 3. The first-order chi connectivity index (χ1) is 25.0. The van der Waals surface area contributed by atoms with Crippen LogP contribution in [0.3, 0.4) is 0 Å².